The maximum atomic E-state index is 11.8. The van der Waals surface area contributed by atoms with E-state index >= 15 is 0 Å². The molecule has 0 aliphatic carbocycles. The molecule has 1 aromatic heterocycles. The van der Waals surface area contributed by atoms with E-state index in [1.165, 1.54) is 0 Å². The number of fused-ring (bicyclic) bond motifs is 1. The summed E-state index contributed by atoms with van der Waals surface area (Å²) in [5.41, 5.74) is 2.52. The molecule has 88 valence electrons. The molecule has 4 nitrogen and oxygen atoms in total. The molecule has 2 aromatic rings. The molecule has 0 radical (unpaired) electrons. The summed E-state index contributed by atoms with van der Waals surface area (Å²) in [6.45, 7) is 1.72. The predicted molar refractivity (Wildman–Crippen MR) is 64.6 cm³/mol. The fraction of sp³-hybridized carbons (Fsp3) is 0.250. The Morgan fingerprint density at radius 2 is 2.00 bits per heavy atom. The van der Waals surface area contributed by atoms with Gasteiger partial charge in [0.15, 0.2) is 9.84 Å². The van der Waals surface area contributed by atoms with Gasteiger partial charge < -0.3 is 0 Å². The highest BCUT2D eigenvalue weighted by molar-refractivity contribution is 7.91. The molecule has 1 atom stereocenters. The number of aromatic nitrogens is 2. The molecule has 0 fully saturated rings. The number of rotatable bonds is 1. The maximum absolute atomic E-state index is 11.8. The summed E-state index contributed by atoms with van der Waals surface area (Å²) in [6, 6.07) is 9.60. The highest BCUT2D eigenvalue weighted by atomic mass is 32.2. The summed E-state index contributed by atoms with van der Waals surface area (Å²) in [5, 5.41) is 3.80. The zero-order valence-electron chi connectivity index (χ0n) is 9.37. The minimum atomic E-state index is -3.03. The van der Waals surface area contributed by atoms with Crippen molar-refractivity contribution in [3.63, 3.8) is 0 Å². The van der Waals surface area contributed by atoms with Gasteiger partial charge in [0.2, 0.25) is 0 Å². The van der Waals surface area contributed by atoms with E-state index in [4.69, 9.17) is 0 Å². The number of para-hydroxylation sites is 1. The van der Waals surface area contributed by atoms with E-state index in [1.807, 2.05) is 30.3 Å². The van der Waals surface area contributed by atoms with Gasteiger partial charge in [-0.1, -0.05) is 18.2 Å². The van der Waals surface area contributed by atoms with Crippen LogP contribution in [0.15, 0.2) is 36.5 Å². The third-order valence-corrected chi connectivity index (χ3v) is 5.18. The number of hydrogen-bond acceptors (Lipinski definition) is 3. The quantitative estimate of drug-likeness (QED) is 0.774. The van der Waals surface area contributed by atoms with Crippen molar-refractivity contribution in [3.05, 3.63) is 47.8 Å². The van der Waals surface area contributed by atoms with E-state index in [-0.39, 0.29) is 5.75 Å². The monoisotopic (exact) mass is 248 g/mol. The Kier molecular flexibility index (Phi) is 2.13. The molecule has 5 heteroatoms. The van der Waals surface area contributed by atoms with Crippen LogP contribution in [0.3, 0.4) is 0 Å². The van der Waals surface area contributed by atoms with Crippen molar-refractivity contribution >= 4 is 9.84 Å². The van der Waals surface area contributed by atoms with E-state index in [0.29, 0.717) is 0 Å². The number of sulfone groups is 1. The van der Waals surface area contributed by atoms with Gasteiger partial charge in [0, 0.05) is 5.56 Å². The van der Waals surface area contributed by atoms with Crippen LogP contribution in [-0.2, 0) is 15.6 Å². The van der Waals surface area contributed by atoms with Gasteiger partial charge in [0.1, 0.15) is 5.25 Å². The van der Waals surface area contributed by atoms with Gasteiger partial charge in [-0.05, 0) is 19.1 Å². The maximum Gasteiger partial charge on any atom is 0.162 e. The zero-order chi connectivity index (χ0) is 12.0. The molecule has 0 amide bonds. The molecule has 1 aromatic carbocycles. The Morgan fingerprint density at radius 1 is 1.29 bits per heavy atom. The molecular weight excluding hydrogens is 236 g/mol. The van der Waals surface area contributed by atoms with Crippen LogP contribution < -0.4 is 0 Å². The molecule has 0 saturated heterocycles. The largest absolute Gasteiger partial charge is 0.236 e. The summed E-state index contributed by atoms with van der Waals surface area (Å²) in [4.78, 5) is 0. The van der Waals surface area contributed by atoms with Gasteiger partial charge >= 0.3 is 0 Å². The molecular formula is C12H12N2O2S. The van der Waals surface area contributed by atoms with Crippen molar-refractivity contribution in [2.75, 3.05) is 0 Å². The second-order valence-electron chi connectivity index (χ2n) is 4.25. The molecule has 0 N–H and O–H groups in total. The highest BCUT2D eigenvalue weighted by Crippen LogP contribution is 2.36. The molecule has 0 spiro atoms. The lowest BCUT2D eigenvalue weighted by molar-refractivity contribution is 0.587. The van der Waals surface area contributed by atoms with Gasteiger partial charge in [-0.3, -0.25) is 0 Å². The van der Waals surface area contributed by atoms with Crippen LogP contribution in [0.5, 0.6) is 0 Å². The Labute approximate surface area is 99.8 Å². The van der Waals surface area contributed by atoms with E-state index in [2.05, 4.69) is 5.10 Å². The average molecular weight is 248 g/mol. The second kappa shape index (κ2) is 3.43. The minimum absolute atomic E-state index is 0.107. The molecule has 0 bridgehead atoms. The lowest BCUT2D eigenvalue weighted by Crippen LogP contribution is -2.09. The van der Waals surface area contributed by atoms with Crippen LogP contribution in [0.25, 0.3) is 5.69 Å². The Hall–Kier alpha value is -1.62. The van der Waals surface area contributed by atoms with Crippen LogP contribution in [0.1, 0.15) is 23.4 Å². The van der Waals surface area contributed by atoms with E-state index in [0.717, 1.165) is 16.9 Å². The lowest BCUT2D eigenvalue weighted by Gasteiger charge is -2.09. The summed E-state index contributed by atoms with van der Waals surface area (Å²) < 4.78 is 25.4. The van der Waals surface area contributed by atoms with Gasteiger partial charge in [-0.25, -0.2) is 13.1 Å². The van der Waals surface area contributed by atoms with Gasteiger partial charge in [-0.2, -0.15) is 5.10 Å². The fourth-order valence-corrected chi connectivity index (χ4v) is 3.72. The Morgan fingerprint density at radius 3 is 2.71 bits per heavy atom. The predicted octanol–water partition coefficient (Wildman–Crippen LogP) is 1.86. The first-order chi connectivity index (χ1) is 8.09. The normalized spacial score (nSPS) is 21.4. The summed E-state index contributed by atoms with van der Waals surface area (Å²) in [6.07, 6.45) is 1.66. The number of benzene rings is 1. The van der Waals surface area contributed by atoms with E-state index in [9.17, 15) is 8.42 Å². The van der Waals surface area contributed by atoms with E-state index in [1.54, 1.807) is 17.8 Å². The van der Waals surface area contributed by atoms with Crippen LogP contribution >= 0.6 is 0 Å². The van der Waals surface area contributed by atoms with E-state index < -0.39 is 15.1 Å². The third kappa shape index (κ3) is 1.50. The molecule has 1 aliphatic rings. The molecule has 3 rings (SSSR count). The number of hydrogen-bond donors (Lipinski definition) is 0. The van der Waals surface area contributed by atoms with Crippen molar-refractivity contribution in [3.8, 4) is 5.69 Å². The fourth-order valence-electron chi connectivity index (χ4n) is 2.22. The van der Waals surface area contributed by atoms with Crippen LogP contribution in [0, 0.1) is 0 Å². The van der Waals surface area contributed by atoms with Crippen molar-refractivity contribution in [2.45, 2.75) is 17.9 Å². The molecule has 17 heavy (non-hydrogen) atoms. The van der Waals surface area contributed by atoms with Gasteiger partial charge in [-0.15, -0.1) is 0 Å². The minimum Gasteiger partial charge on any atom is -0.236 e. The summed E-state index contributed by atoms with van der Waals surface area (Å²) in [7, 11) is -3.03. The Balaban J connectivity index is 2.19. The SMILES string of the molecule is CC1c2c(cnn2-c2ccccc2)CS1(=O)=O. The molecule has 1 aliphatic heterocycles. The van der Waals surface area contributed by atoms with Crippen LogP contribution in [0.2, 0.25) is 0 Å². The first kappa shape index (κ1) is 10.5. The standard InChI is InChI=1S/C12H12N2O2S/c1-9-12-10(8-17(9,15)16)7-13-14(12)11-5-3-2-4-6-11/h2-7,9H,8H2,1H3. The topological polar surface area (TPSA) is 52.0 Å². The van der Waals surface area contributed by atoms with Crippen LogP contribution in [0.4, 0.5) is 0 Å². The van der Waals surface area contributed by atoms with Crippen LogP contribution in [-0.4, -0.2) is 18.2 Å². The zero-order valence-corrected chi connectivity index (χ0v) is 10.2. The third-order valence-electron chi connectivity index (χ3n) is 3.17. The van der Waals surface area contributed by atoms with Crippen molar-refractivity contribution in [1.29, 1.82) is 0 Å². The second-order valence-corrected chi connectivity index (χ2v) is 6.57. The summed E-state index contributed by atoms with van der Waals surface area (Å²) in [5.74, 6) is 0.107. The lowest BCUT2D eigenvalue weighted by atomic mass is 10.2. The average Bonchev–Trinajstić information content (AvgIpc) is 2.80. The van der Waals surface area contributed by atoms with Gasteiger partial charge in [0.05, 0.1) is 23.3 Å². The first-order valence-corrected chi connectivity index (χ1v) is 7.15. The van der Waals surface area contributed by atoms with Crippen molar-refractivity contribution in [2.24, 2.45) is 0 Å². The number of nitrogens with zero attached hydrogens (tertiary/aromatic N) is 2. The first-order valence-electron chi connectivity index (χ1n) is 5.43. The smallest absolute Gasteiger partial charge is 0.162 e. The Bertz CT molecular complexity index is 659. The van der Waals surface area contributed by atoms with Crippen molar-refractivity contribution in [1.82, 2.24) is 9.78 Å². The summed E-state index contributed by atoms with van der Waals surface area (Å²) >= 11 is 0. The molecule has 0 saturated carbocycles. The highest BCUT2D eigenvalue weighted by Gasteiger charge is 2.37. The molecule has 2 heterocycles. The van der Waals surface area contributed by atoms with Gasteiger partial charge in [0.25, 0.3) is 0 Å². The van der Waals surface area contributed by atoms with Crippen molar-refractivity contribution < 1.29 is 8.42 Å². The molecule has 1 unspecified atom stereocenters.